The molecule has 21 heavy (non-hydrogen) atoms. The summed E-state index contributed by atoms with van der Waals surface area (Å²) in [5, 5.41) is 12.0. The fraction of sp³-hybridized carbons (Fsp3) is 0.462. The smallest absolute Gasteiger partial charge is 0.265 e. The monoisotopic (exact) mass is 314 g/mol. The molecule has 1 amide bonds. The zero-order valence-electron chi connectivity index (χ0n) is 11.6. The zero-order valence-corrected chi connectivity index (χ0v) is 12.4. The largest absolute Gasteiger partial charge is 0.497 e. The molecule has 1 aliphatic heterocycles. The number of hydrogen-bond donors (Lipinski definition) is 3. The van der Waals surface area contributed by atoms with Crippen LogP contribution in [0.5, 0.6) is 5.75 Å². The van der Waals surface area contributed by atoms with Gasteiger partial charge in [0.15, 0.2) is 14.6 Å². The van der Waals surface area contributed by atoms with Crippen LogP contribution in [-0.4, -0.2) is 44.5 Å². The fourth-order valence-electron chi connectivity index (χ4n) is 2.53. The SMILES string of the molecule is COc1ccc(S(=O)(=O)C2(C(=O)NO)CCNCC2)cc1. The van der Waals surface area contributed by atoms with Gasteiger partial charge in [-0.15, -0.1) is 0 Å². The van der Waals surface area contributed by atoms with Crippen LogP contribution >= 0.6 is 0 Å². The van der Waals surface area contributed by atoms with E-state index in [9.17, 15) is 13.2 Å². The Morgan fingerprint density at radius 3 is 2.33 bits per heavy atom. The summed E-state index contributed by atoms with van der Waals surface area (Å²) < 4.78 is 29.1. The Morgan fingerprint density at radius 1 is 1.29 bits per heavy atom. The Kier molecular flexibility index (Phi) is 4.50. The van der Waals surface area contributed by atoms with Crippen molar-refractivity contribution in [2.75, 3.05) is 20.2 Å². The molecule has 1 aromatic rings. The van der Waals surface area contributed by atoms with Gasteiger partial charge in [0, 0.05) is 0 Å². The van der Waals surface area contributed by atoms with Gasteiger partial charge in [0.25, 0.3) is 5.91 Å². The van der Waals surface area contributed by atoms with Gasteiger partial charge in [-0.3, -0.25) is 10.0 Å². The quantitative estimate of drug-likeness (QED) is 0.538. The summed E-state index contributed by atoms with van der Waals surface area (Å²) in [4.78, 5) is 12.1. The molecule has 0 unspecified atom stereocenters. The normalized spacial score (nSPS) is 18.0. The van der Waals surface area contributed by atoms with Gasteiger partial charge in [0.2, 0.25) is 0 Å². The van der Waals surface area contributed by atoms with E-state index in [1.165, 1.54) is 36.9 Å². The Bertz CT molecular complexity index is 606. The average Bonchev–Trinajstić information content (AvgIpc) is 2.54. The molecule has 1 fully saturated rings. The van der Waals surface area contributed by atoms with Crippen molar-refractivity contribution in [1.29, 1.82) is 0 Å². The number of rotatable bonds is 4. The molecule has 1 aromatic carbocycles. The number of methoxy groups -OCH3 is 1. The third-order valence-corrected chi connectivity index (χ3v) is 6.33. The number of carbonyl (C=O) groups is 1. The topological polar surface area (TPSA) is 105 Å². The molecule has 0 aromatic heterocycles. The third kappa shape index (κ3) is 2.61. The summed E-state index contributed by atoms with van der Waals surface area (Å²) >= 11 is 0. The van der Waals surface area contributed by atoms with Crippen molar-refractivity contribution in [2.45, 2.75) is 22.5 Å². The molecule has 1 heterocycles. The van der Waals surface area contributed by atoms with Crippen LogP contribution in [0.3, 0.4) is 0 Å². The molecule has 116 valence electrons. The van der Waals surface area contributed by atoms with E-state index in [4.69, 9.17) is 9.94 Å². The van der Waals surface area contributed by atoms with Crippen molar-refractivity contribution >= 4 is 15.7 Å². The van der Waals surface area contributed by atoms with Crippen LogP contribution in [0.1, 0.15) is 12.8 Å². The van der Waals surface area contributed by atoms with Crippen LogP contribution in [0.2, 0.25) is 0 Å². The van der Waals surface area contributed by atoms with Crippen molar-refractivity contribution in [3.8, 4) is 5.75 Å². The van der Waals surface area contributed by atoms with E-state index in [0.717, 1.165) is 0 Å². The predicted molar refractivity (Wildman–Crippen MR) is 74.9 cm³/mol. The van der Waals surface area contributed by atoms with Crippen LogP contribution in [0.15, 0.2) is 29.2 Å². The van der Waals surface area contributed by atoms with Crippen molar-refractivity contribution in [3.05, 3.63) is 24.3 Å². The van der Waals surface area contributed by atoms with Gasteiger partial charge in [-0.2, -0.15) is 0 Å². The first-order valence-corrected chi connectivity index (χ1v) is 8.00. The first-order chi connectivity index (χ1) is 9.98. The lowest BCUT2D eigenvalue weighted by molar-refractivity contribution is -0.132. The van der Waals surface area contributed by atoms with Gasteiger partial charge in [-0.05, 0) is 50.2 Å². The molecule has 1 saturated heterocycles. The molecule has 0 radical (unpaired) electrons. The minimum absolute atomic E-state index is 0.0359. The van der Waals surface area contributed by atoms with Crippen molar-refractivity contribution in [1.82, 2.24) is 10.8 Å². The summed E-state index contributed by atoms with van der Waals surface area (Å²) in [5.74, 6) is -0.361. The molecule has 0 spiro atoms. The second-order valence-corrected chi connectivity index (χ2v) is 7.12. The molecule has 0 saturated carbocycles. The number of sulfone groups is 1. The Morgan fingerprint density at radius 2 is 1.86 bits per heavy atom. The van der Waals surface area contributed by atoms with Crippen LogP contribution in [-0.2, 0) is 14.6 Å². The molecule has 7 nitrogen and oxygen atoms in total. The number of benzene rings is 1. The number of hydroxylamine groups is 1. The highest BCUT2D eigenvalue weighted by atomic mass is 32.2. The molecular formula is C13H18N2O5S. The number of hydrogen-bond acceptors (Lipinski definition) is 6. The Labute approximate surface area is 123 Å². The summed E-state index contributed by atoms with van der Waals surface area (Å²) in [5.41, 5.74) is 1.50. The van der Waals surface area contributed by atoms with Crippen LogP contribution in [0, 0.1) is 0 Å². The highest BCUT2D eigenvalue weighted by molar-refractivity contribution is 7.93. The molecule has 3 N–H and O–H groups in total. The Balaban J connectivity index is 2.48. The summed E-state index contributed by atoms with van der Waals surface area (Å²) in [6.45, 7) is 0.783. The van der Waals surface area contributed by atoms with E-state index in [-0.39, 0.29) is 17.7 Å². The second kappa shape index (κ2) is 6.00. The fourth-order valence-corrected chi connectivity index (χ4v) is 4.51. The van der Waals surface area contributed by atoms with E-state index >= 15 is 0 Å². The lowest BCUT2D eigenvalue weighted by atomic mass is 9.96. The van der Waals surface area contributed by atoms with Gasteiger partial charge in [-0.1, -0.05) is 0 Å². The minimum Gasteiger partial charge on any atom is -0.497 e. The van der Waals surface area contributed by atoms with E-state index in [2.05, 4.69) is 5.32 Å². The van der Waals surface area contributed by atoms with Gasteiger partial charge in [-0.25, -0.2) is 13.9 Å². The maximum atomic E-state index is 12.9. The van der Waals surface area contributed by atoms with Gasteiger partial charge < -0.3 is 10.1 Å². The van der Waals surface area contributed by atoms with Gasteiger partial charge >= 0.3 is 0 Å². The number of nitrogens with one attached hydrogen (secondary N) is 2. The molecule has 0 atom stereocenters. The van der Waals surface area contributed by atoms with Gasteiger partial charge in [0.05, 0.1) is 12.0 Å². The third-order valence-electron chi connectivity index (χ3n) is 3.81. The minimum atomic E-state index is -3.93. The first-order valence-electron chi connectivity index (χ1n) is 6.52. The number of ether oxygens (including phenoxy) is 1. The molecule has 0 aliphatic carbocycles. The molecule has 0 bridgehead atoms. The van der Waals surface area contributed by atoms with Crippen LogP contribution in [0.25, 0.3) is 0 Å². The number of carbonyl (C=O) groups excluding carboxylic acids is 1. The van der Waals surface area contributed by atoms with Gasteiger partial charge in [0.1, 0.15) is 5.75 Å². The second-order valence-electron chi connectivity index (χ2n) is 4.86. The highest BCUT2D eigenvalue weighted by Gasteiger charge is 2.51. The van der Waals surface area contributed by atoms with Crippen LogP contribution < -0.4 is 15.5 Å². The number of amides is 1. The van der Waals surface area contributed by atoms with Crippen molar-refractivity contribution < 1.29 is 23.2 Å². The first kappa shape index (κ1) is 15.7. The zero-order chi connectivity index (χ0) is 15.5. The maximum Gasteiger partial charge on any atom is 0.265 e. The average molecular weight is 314 g/mol. The molecule has 1 aliphatic rings. The summed E-state index contributed by atoms with van der Waals surface area (Å²) in [6, 6.07) is 5.86. The predicted octanol–water partition coefficient (Wildman–Crippen LogP) is 0.0965. The van der Waals surface area contributed by atoms with Crippen LogP contribution in [0.4, 0.5) is 0 Å². The number of piperidine rings is 1. The van der Waals surface area contributed by atoms with E-state index in [1.54, 1.807) is 0 Å². The lowest BCUT2D eigenvalue weighted by Gasteiger charge is -2.34. The van der Waals surface area contributed by atoms with E-state index < -0.39 is 20.5 Å². The van der Waals surface area contributed by atoms with Crippen molar-refractivity contribution in [2.24, 2.45) is 0 Å². The molecule has 2 rings (SSSR count). The van der Waals surface area contributed by atoms with E-state index in [0.29, 0.717) is 18.8 Å². The molecular weight excluding hydrogens is 296 g/mol. The maximum absolute atomic E-state index is 12.9. The Hall–Kier alpha value is -1.64. The molecule has 8 heteroatoms. The summed E-state index contributed by atoms with van der Waals surface area (Å²) in [6.07, 6.45) is 0.210. The lowest BCUT2D eigenvalue weighted by Crippen LogP contribution is -2.57. The highest BCUT2D eigenvalue weighted by Crippen LogP contribution is 2.34. The van der Waals surface area contributed by atoms with E-state index in [1.807, 2.05) is 0 Å². The summed E-state index contributed by atoms with van der Waals surface area (Å²) in [7, 11) is -2.44. The standard InChI is InChI=1S/C13H18N2O5S/c1-20-10-2-4-11(5-3-10)21(18,19)13(12(16)15-17)6-8-14-9-7-13/h2-5,14,17H,6-9H2,1H3,(H,15,16). The van der Waals surface area contributed by atoms with Crippen molar-refractivity contribution in [3.63, 3.8) is 0 Å².